The van der Waals surface area contributed by atoms with Crippen LogP contribution in [0.25, 0.3) is 5.69 Å². The van der Waals surface area contributed by atoms with Crippen LogP contribution in [0.2, 0.25) is 0 Å². The van der Waals surface area contributed by atoms with Gasteiger partial charge in [0.2, 0.25) is 0 Å². The Kier molecular flexibility index (Phi) is 3.98. The standard InChI is InChI=1S/C10H11FN4.ClH/c1-7-6-13-14-15(7)10-4-9(11)3-2-8(10)5-12;/h2-4,6H,5,12H2,1H3;1H. The van der Waals surface area contributed by atoms with Crippen LogP contribution >= 0.6 is 12.4 Å². The topological polar surface area (TPSA) is 56.7 Å². The zero-order valence-electron chi connectivity index (χ0n) is 8.72. The van der Waals surface area contributed by atoms with Crippen LogP contribution in [0, 0.1) is 12.7 Å². The molecule has 1 heterocycles. The summed E-state index contributed by atoms with van der Waals surface area (Å²) < 4.78 is 14.7. The first-order valence-corrected chi connectivity index (χ1v) is 4.58. The number of nitrogens with zero attached hydrogens (tertiary/aromatic N) is 3. The second-order valence-corrected chi connectivity index (χ2v) is 3.26. The summed E-state index contributed by atoms with van der Waals surface area (Å²) in [7, 11) is 0. The predicted molar refractivity (Wildman–Crippen MR) is 61.2 cm³/mol. The van der Waals surface area contributed by atoms with Crippen molar-refractivity contribution in [2.45, 2.75) is 13.5 Å². The molecule has 6 heteroatoms. The lowest BCUT2D eigenvalue weighted by atomic mass is 10.1. The summed E-state index contributed by atoms with van der Waals surface area (Å²) in [6, 6.07) is 4.45. The minimum atomic E-state index is -0.308. The van der Waals surface area contributed by atoms with Crippen LogP contribution in [0.5, 0.6) is 0 Å². The predicted octanol–water partition coefficient (Wildman–Crippen LogP) is 1.60. The number of rotatable bonds is 2. The third-order valence-corrected chi connectivity index (χ3v) is 2.22. The van der Waals surface area contributed by atoms with Gasteiger partial charge in [0.1, 0.15) is 5.82 Å². The maximum Gasteiger partial charge on any atom is 0.125 e. The van der Waals surface area contributed by atoms with E-state index in [1.54, 1.807) is 16.9 Å². The molecule has 0 radical (unpaired) electrons. The highest BCUT2D eigenvalue weighted by atomic mass is 35.5. The Morgan fingerprint density at radius 1 is 1.44 bits per heavy atom. The SMILES string of the molecule is Cc1cnnn1-c1cc(F)ccc1CN.Cl. The van der Waals surface area contributed by atoms with Gasteiger partial charge >= 0.3 is 0 Å². The summed E-state index contributed by atoms with van der Waals surface area (Å²) in [5.74, 6) is -0.308. The maximum atomic E-state index is 13.1. The molecule has 0 aliphatic rings. The van der Waals surface area contributed by atoms with Crippen LogP contribution < -0.4 is 5.73 Å². The average molecular weight is 243 g/mol. The van der Waals surface area contributed by atoms with Gasteiger partial charge in [-0.15, -0.1) is 17.5 Å². The van der Waals surface area contributed by atoms with Crippen LogP contribution in [0.3, 0.4) is 0 Å². The van der Waals surface area contributed by atoms with Crippen LogP contribution in [-0.2, 0) is 6.54 Å². The van der Waals surface area contributed by atoms with Gasteiger partial charge in [0.15, 0.2) is 0 Å². The van der Waals surface area contributed by atoms with E-state index in [0.29, 0.717) is 12.2 Å². The van der Waals surface area contributed by atoms with E-state index in [1.807, 2.05) is 6.92 Å². The zero-order chi connectivity index (χ0) is 10.8. The molecule has 0 saturated heterocycles. The highest BCUT2D eigenvalue weighted by molar-refractivity contribution is 5.85. The molecule has 16 heavy (non-hydrogen) atoms. The van der Waals surface area contributed by atoms with Crippen molar-refractivity contribution >= 4 is 12.4 Å². The van der Waals surface area contributed by atoms with Gasteiger partial charge in [-0.3, -0.25) is 0 Å². The summed E-state index contributed by atoms with van der Waals surface area (Å²) in [6.07, 6.45) is 1.62. The molecule has 0 unspecified atom stereocenters. The van der Waals surface area contributed by atoms with Gasteiger partial charge in [-0.05, 0) is 24.6 Å². The fourth-order valence-corrected chi connectivity index (χ4v) is 1.43. The third-order valence-electron chi connectivity index (χ3n) is 2.22. The van der Waals surface area contributed by atoms with Crippen molar-refractivity contribution in [1.82, 2.24) is 15.0 Å². The number of hydrogen-bond acceptors (Lipinski definition) is 3. The fraction of sp³-hybridized carbons (Fsp3) is 0.200. The normalized spacial score (nSPS) is 9.94. The molecule has 0 aliphatic heterocycles. The lowest BCUT2D eigenvalue weighted by Crippen LogP contribution is -2.07. The van der Waals surface area contributed by atoms with E-state index >= 15 is 0 Å². The number of hydrogen-bond donors (Lipinski definition) is 1. The van der Waals surface area contributed by atoms with E-state index in [-0.39, 0.29) is 18.2 Å². The highest BCUT2D eigenvalue weighted by Gasteiger charge is 2.08. The van der Waals surface area contributed by atoms with Crippen LogP contribution in [0.1, 0.15) is 11.3 Å². The van der Waals surface area contributed by atoms with E-state index in [1.165, 1.54) is 12.1 Å². The van der Waals surface area contributed by atoms with Gasteiger partial charge in [0, 0.05) is 6.54 Å². The van der Waals surface area contributed by atoms with Crippen LogP contribution in [0.4, 0.5) is 4.39 Å². The van der Waals surface area contributed by atoms with Crippen molar-refractivity contribution in [2.75, 3.05) is 0 Å². The molecule has 0 atom stereocenters. The van der Waals surface area contributed by atoms with Crippen LogP contribution in [-0.4, -0.2) is 15.0 Å². The summed E-state index contributed by atoms with van der Waals surface area (Å²) in [4.78, 5) is 0. The minimum absolute atomic E-state index is 0. The maximum absolute atomic E-state index is 13.1. The van der Waals surface area contributed by atoms with Gasteiger partial charge in [-0.1, -0.05) is 11.3 Å². The van der Waals surface area contributed by atoms with E-state index in [4.69, 9.17) is 5.73 Å². The molecule has 0 fully saturated rings. The number of nitrogens with two attached hydrogens (primary N) is 1. The molecule has 2 N–H and O–H groups in total. The van der Waals surface area contributed by atoms with Gasteiger partial charge in [0.05, 0.1) is 17.6 Å². The van der Waals surface area contributed by atoms with Crippen molar-refractivity contribution in [3.63, 3.8) is 0 Å². The minimum Gasteiger partial charge on any atom is -0.326 e. The van der Waals surface area contributed by atoms with Crippen molar-refractivity contribution in [1.29, 1.82) is 0 Å². The Bertz CT molecular complexity index is 483. The molecule has 0 bridgehead atoms. The molecular formula is C10H12ClFN4. The van der Waals surface area contributed by atoms with Gasteiger partial charge in [-0.25, -0.2) is 9.07 Å². The molecule has 0 amide bonds. The van der Waals surface area contributed by atoms with Crippen molar-refractivity contribution in [3.05, 3.63) is 41.5 Å². The molecule has 4 nitrogen and oxygen atoms in total. The molecular weight excluding hydrogens is 231 g/mol. The smallest absolute Gasteiger partial charge is 0.125 e. The third kappa shape index (κ3) is 2.20. The van der Waals surface area contributed by atoms with Crippen LogP contribution in [0.15, 0.2) is 24.4 Å². The molecule has 1 aromatic heterocycles. The lowest BCUT2D eigenvalue weighted by molar-refractivity contribution is 0.623. The Labute approximate surface area is 98.7 Å². The summed E-state index contributed by atoms with van der Waals surface area (Å²) >= 11 is 0. The second kappa shape index (κ2) is 5.05. The van der Waals surface area contributed by atoms with Gasteiger partial charge in [-0.2, -0.15) is 0 Å². The first-order valence-electron chi connectivity index (χ1n) is 4.58. The Balaban J connectivity index is 0.00000128. The largest absolute Gasteiger partial charge is 0.326 e. The monoisotopic (exact) mass is 242 g/mol. The van der Waals surface area contributed by atoms with Crippen molar-refractivity contribution in [2.24, 2.45) is 5.73 Å². The average Bonchev–Trinajstić information content (AvgIpc) is 2.64. The molecule has 86 valence electrons. The van der Waals surface area contributed by atoms with E-state index in [0.717, 1.165) is 11.3 Å². The molecule has 0 saturated carbocycles. The van der Waals surface area contributed by atoms with Gasteiger partial charge < -0.3 is 5.73 Å². The fourth-order valence-electron chi connectivity index (χ4n) is 1.43. The molecule has 0 spiro atoms. The first-order chi connectivity index (χ1) is 7.22. The van der Waals surface area contributed by atoms with E-state index in [9.17, 15) is 4.39 Å². The summed E-state index contributed by atoms with van der Waals surface area (Å²) in [6.45, 7) is 2.19. The van der Waals surface area contributed by atoms with Gasteiger partial charge in [0.25, 0.3) is 0 Å². The molecule has 0 aliphatic carbocycles. The molecule has 1 aromatic carbocycles. The quantitative estimate of drug-likeness (QED) is 0.870. The summed E-state index contributed by atoms with van der Waals surface area (Å²) in [5.41, 5.74) is 7.90. The zero-order valence-corrected chi connectivity index (χ0v) is 9.54. The number of halogens is 2. The molecule has 2 aromatic rings. The Hall–Kier alpha value is -1.46. The van der Waals surface area contributed by atoms with Crippen molar-refractivity contribution in [3.8, 4) is 5.69 Å². The highest BCUT2D eigenvalue weighted by Crippen LogP contribution is 2.16. The second-order valence-electron chi connectivity index (χ2n) is 3.26. The lowest BCUT2D eigenvalue weighted by Gasteiger charge is -2.08. The Morgan fingerprint density at radius 2 is 2.19 bits per heavy atom. The number of aryl methyl sites for hydroxylation is 1. The van der Waals surface area contributed by atoms with E-state index in [2.05, 4.69) is 10.3 Å². The summed E-state index contributed by atoms with van der Waals surface area (Å²) in [5, 5.41) is 7.63. The van der Waals surface area contributed by atoms with E-state index < -0.39 is 0 Å². The molecule has 2 rings (SSSR count). The Morgan fingerprint density at radius 3 is 2.75 bits per heavy atom. The number of aromatic nitrogens is 3. The number of benzene rings is 1. The van der Waals surface area contributed by atoms with Crippen molar-refractivity contribution < 1.29 is 4.39 Å². The first kappa shape index (κ1) is 12.6.